The number of unbranched alkanes of at least 4 members (excludes halogenated alkanes) is 6. The Balaban J connectivity index is 1.65. The molecule has 0 aromatic heterocycles. The van der Waals surface area contributed by atoms with E-state index < -0.39 is 0 Å². The molecule has 0 fully saturated rings. The molecule has 2 rings (SSSR count). The predicted octanol–water partition coefficient (Wildman–Crippen LogP) is 8.15. The molecule has 0 bridgehead atoms. The summed E-state index contributed by atoms with van der Waals surface area (Å²) in [4.78, 5) is 11.3. The number of ether oxygens (including phenoxy) is 3. The molecule has 2 aromatic rings. The molecule has 0 amide bonds. The third-order valence-corrected chi connectivity index (χ3v) is 5.73. The van der Waals surface area contributed by atoms with Gasteiger partial charge in [-0.05, 0) is 87.8 Å². The molecule has 0 aliphatic heterocycles. The van der Waals surface area contributed by atoms with Gasteiger partial charge in [0.2, 0.25) is 0 Å². The van der Waals surface area contributed by atoms with Gasteiger partial charge in [0.25, 0.3) is 0 Å². The molecule has 2 aromatic carbocycles. The molecule has 4 heteroatoms. The van der Waals surface area contributed by atoms with Gasteiger partial charge in [0.15, 0.2) is 0 Å². The molecule has 1 atom stereocenters. The van der Waals surface area contributed by atoms with Gasteiger partial charge in [-0.3, -0.25) is 0 Å². The minimum Gasteiger partial charge on any atom is -0.494 e. The van der Waals surface area contributed by atoms with E-state index in [2.05, 4.69) is 56.8 Å². The molecule has 1 unspecified atom stereocenters. The molecule has 0 spiro atoms. The number of hydrogen-bond donors (Lipinski definition) is 0. The lowest BCUT2D eigenvalue weighted by Gasteiger charge is -2.15. The van der Waals surface area contributed by atoms with Crippen molar-refractivity contribution < 1.29 is 19.0 Å². The van der Waals surface area contributed by atoms with Gasteiger partial charge in [-0.15, -0.1) is 0 Å². The van der Waals surface area contributed by atoms with Crippen molar-refractivity contribution in [2.75, 3.05) is 13.2 Å². The zero-order valence-electron chi connectivity index (χ0n) is 21.3. The van der Waals surface area contributed by atoms with E-state index in [1.807, 2.05) is 12.1 Å². The summed E-state index contributed by atoms with van der Waals surface area (Å²) in [6.07, 6.45) is 10.4. The highest BCUT2D eigenvalue weighted by atomic mass is 16.5. The molecule has 34 heavy (non-hydrogen) atoms. The maximum atomic E-state index is 11.3. The average molecular weight is 467 g/mol. The Morgan fingerprint density at radius 2 is 1.35 bits per heavy atom. The maximum absolute atomic E-state index is 11.3. The smallest absolute Gasteiger partial charge is 0.333 e. The molecular formula is C30H42O4. The van der Waals surface area contributed by atoms with Gasteiger partial charge in [0.1, 0.15) is 11.5 Å². The highest BCUT2D eigenvalue weighted by Crippen LogP contribution is 2.25. The summed E-state index contributed by atoms with van der Waals surface area (Å²) in [5, 5.41) is 0. The van der Waals surface area contributed by atoms with E-state index in [9.17, 15) is 4.79 Å². The Morgan fingerprint density at radius 1 is 0.794 bits per heavy atom. The normalized spacial score (nSPS) is 11.6. The number of carbonyl (C=O) groups is 1. The van der Waals surface area contributed by atoms with E-state index in [1.165, 1.54) is 31.2 Å². The molecule has 0 saturated carbocycles. The van der Waals surface area contributed by atoms with E-state index in [0.29, 0.717) is 18.8 Å². The van der Waals surface area contributed by atoms with E-state index in [1.54, 1.807) is 6.92 Å². The summed E-state index contributed by atoms with van der Waals surface area (Å²) >= 11 is 0. The molecule has 0 aliphatic carbocycles. The molecule has 0 saturated heterocycles. The van der Waals surface area contributed by atoms with Crippen LogP contribution in [0.15, 0.2) is 60.7 Å². The van der Waals surface area contributed by atoms with Crippen molar-refractivity contribution in [3.05, 3.63) is 60.7 Å². The lowest BCUT2D eigenvalue weighted by molar-refractivity contribution is -0.139. The van der Waals surface area contributed by atoms with Gasteiger partial charge in [-0.1, -0.05) is 57.0 Å². The molecule has 0 aliphatic rings. The SMILES string of the molecule is C=C(C)C(=O)OCCCCCCOc1ccc(-c2ccc(OC(C)CCCCCC)cc2)cc1. The quantitative estimate of drug-likeness (QED) is 0.134. The van der Waals surface area contributed by atoms with Crippen LogP contribution in [0.2, 0.25) is 0 Å². The summed E-state index contributed by atoms with van der Waals surface area (Å²) < 4.78 is 17.0. The average Bonchev–Trinajstić information content (AvgIpc) is 2.84. The second-order valence-corrected chi connectivity index (χ2v) is 9.01. The first-order valence-electron chi connectivity index (χ1n) is 12.8. The van der Waals surface area contributed by atoms with Crippen LogP contribution >= 0.6 is 0 Å². The molecule has 0 radical (unpaired) electrons. The molecule has 0 heterocycles. The minimum absolute atomic E-state index is 0.248. The summed E-state index contributed by atoms with van der Waals surface area (Å²) in [6.45, 7) is 10.8. The van der Waals surface area contributed by atoms with Crippen LogP contribution in [0.4, 0.5) is 0 Å². The van der Waals surface area contributed by atoms with Crippen LogP contribution in [-0.4, -0.2) is 25.3 Å². The van der Waals surface area contributed by atoms with E-state index in [4.69, 9.17) is 14.2 Å². The van der Waals surface area contributed by atoms with Crippen LogP contribution in [-0.2, 0) is 9.53 Å². The lowest BCUT2D eigenvalue weighted by atomic mass is 10.1. The summed E-state index contributed by atoms with van der Waals surface area (Å²) in [5.74, 6) is 1.51. The van der Waals surface area contributed by atoms with Crippen LogP contribution in [0.25, 0.3) is 11.1 Å². The Kier molecular flexibility index (Phi) is 12.9. The van der Waals surface area contributed by atoms with Crippen LogP contribution in [0, 0.1) is 0 Å². The van der Waals surface area contributed by atoms with Gasteiger partial charge in [-0.25, -0.2) is 4.79 Å². The molecule has 186 valence electrons. The number of carbonyl (C=O) groups excluding carboxylic acids is 1. The van der Waals surface area contributed by atoms with Crippen molar-refractivity contribution in [1.29, 1.82) is 0 Å². The van der Waals surface area contributed by atoms with E-state index in [-0.39, 0.29) is 12.1 Å². The highest BCUT2D eigenvalue weighted by Gasteiger charge is 2.06. The molecular weight excluding hydrogens is 424 g/mol. The predicted molar refractivity (Wildman–Crippen MR) is 140 cm³/mol. The molecule has 4 nitrogen and oxygen atoms in total. The third kappa shape index (κ3) is 10.9. The summed E-state index contributed by atoms with van der Waals surface area (Å²) in [5.41, 5.74) is 2.78. The number of esters is 1. The van der Waals surface area contributed by atoms with Gasteiger partial charge < -0.3 is 14.2 Å². The zero-order valence-corrected chi connectivity index (χ0v) is 21.3. The second kappa shape index (κ2) is 16.0. The fraction of sp³-hybridized carbons (Fsp3) is 0.500. The number of benzene rings is 2. The lowest BCUT2D eigenvalue weighted by Crippen LogP contribution is -2.11. The Bertz CT molecular complexity index is 839. The summed E-state index contributed by atoms with van der Waals surface area (Å²) in [7, 11) is 0. The number of rotatable bonds is 17. The van der Waals surface area contributed by atoms with Crippen LogP contribution in [0.1, 0.15) is 78.6 Å². The third-order valence-electron chi connectivity index (χ3n) is 5.73. The van der Waals surface area contributed by atoms with Gasteiger partial charge in [-0.2, -0.15) is 0 Å². The van der Waals surface area contributed by atoms with Gasteiger partial charge >= 0.3 is 5.97 Å². The fourth-order valence-electron chi connectivity index (χ4n) is 3.66. The molecule has 0 N–H and O–H groups in total. The first-order chi connectivity index (χ1) is 16.5. The summed E-state index contributed by atoms with van der Waals surface area (Å²) in [6, 6.07) is 16.6. The van der Waals surface area contributed by atoms with Crippen molar-refractivity contribution in [3.63, 3.8) is 0 Å². The Labute approximate surface area is 206 Å². The van der Waals surface area contributed by atoms with E-state index >= 15 is 0 Å². The van der Waals surface area contributed by atoms with Crippen molar-refractivity contribution in [3.8, 4) is 22.6 Å². The van der Waals surface area contributed by atoms with Crippen molar-refractivity contribution in [2.24, 2.45) is 0 Å². The van der Waals surface area contributed by atoms with Crippen LogP contribution in [0.3, 0.4) is 0 Å². The van der Waals surface area contributed by atoms with Gasteiger partial charge in [0, 0.05) is 5.57 Å². The first-order valence-corrected chi connectivity index (χ1v) is 12.8. The fourth-order valence-corrected chi connectivity index (χ4v) is 3.66. The largest absolute Gasteiger partial charge is 0.494 e. The first kappa shape index (κ1) is 27.5. The zero-order chi connectivity index (χ0) is 24.6. The van der Waals surface area contributed by atoms with Crippen LogP contribution < -0.4 is 9.47 Å². The highest BCUT2D eigenvalue weighted by molar-refractivity contribution is 5.86. The van der Waals surface area contributed by atoms with Gasteiger partial charge in [0.05, 0.1) is 19.3 Å². The second-order valence-electron chi connectivity index (χ2n) is 9.01. The van der Waals surface area contributed by atoms with Crippen molar-refractivity contribution in [2.45, 2.75) is 84.7 Å². The Morgan fingerprint density at radius 3 is 1.94 bits per heavy atom. The number of hydrogen-bond acceptors (Lipinski definition) is 4. The topological polar surface area (TPSA) is 44.8 Å². The standard InChI is InChI=1S/C30H42O4/c1-5-6-7-10-13-25(4)34-29-20-16-27(17-21-29)26-14-18-28(19-15-26)32-22-11-8-9-12-23-33-30(31)24(2)3/h14-21,25H,2,5-13,22-23H2,1,3-4H3. The van der Waals surface area contributed by atoms with Crippen molar-refractivity contribution in [1.82, 2.24) is 0 Å². The van der Waals surface area contributed by atoms with Crippen molar-refractivity contribution >= 4 is 5.97 Å². The Hall–Kier alpha value is -2.75. The van der Waals surface area contributed by atoms with Crippen LogP contribution in [0.5, 0.6) is 11.5 Å². The monoisotopic (exact) mass is 466 g/mol. The minimum atomic E-state index is -0.307. The maximum Gasteiger partial charge on any atom is 0.333 e. The van der Waals surface area contributed by atoms with E-state index in [0.717, 1.165) is 49.2 Å².